The lowest BCUT2D eigenvalue weighted by Crippen LogP contribution is -2.37. The Labute approximate surface area is 194 Å². The van der Waals surface area contributed by atoms with Gasteiger partial charge in [-0.15, -0.1) is 0 Å². The van der Waals surface area contributed by atoms with Gasteiger partial charge in [-0.05, 0) is 53.6 Å². The van der Waals surface area contributed by atoms with Gasteiger partial charge in [-0.25, -0.2) is 12.7 Å². The standard InChI is InChI=1S/C25H27N3O4S/c1-27(2)33(30,31)19-9-11-23(28-12-14-32-15-13-28)21(16-19)25(29)26-22-10-8-18-7-6-17-4-3-5-20(22)24(17)18/h3-5,8-11,16H,6-7,12-15H2,1-2H3,(H,26,29). The van der Waals surface area contributed by atoms with Gasteiger partial charge in [-0.2, -0.15) is 0 Å². The number of benzene rings is 3. The van der Waals surface area contributed by atoms with Crippen molar-refractivity contribution in [3.8, 4) is 0 Å². The average molecular weight is 466 g/mol. The van der Waals surface area contributed by atoms with E-state index in [1.54, 1.807) is 12.1 Å². The smallest absolute Gasteiger partial charge is 0.257 e. The van der Waals surface area contributed by atoms with Gasteiger partial charge >= 0.3 is 0 Å². The van der Waals surface area contributed by atoms with Gasteiger partial charge in [0.05, 0.1) is 23.7 Å². The van der Waals surface area contributed by atoms with Crippen LogP contribution in [0, 0.1) is 0 Å². The quantitative estimate of drug-likeness (QED) is 0.626. The van der Waals surface area contributed by atoms with E-state index in [1.165, 1.54) is 36.7 Å². The number of morpholine rings is 1. The molecule has 7 nitrogen and oxygen atoms in total. The normalized spacial score (nSPS) is 15.9. The lowest BCUT2D eigenvalue weighted by atomic mass is 10.0. The monoisotopic (exact) mass is 465 g/mol. The molecule has 5 rings (SSSR count). The third-order valence-corrected chi connectivity index (χ3v) is 8.28. The number of nitrogens with zero attached hydrogens (tertiary/aromatic N) is 2. The molecule has 1 heterocycles. The first-order chi connectivity index (χ1) is 15.9. The van der Waals surface area contributed by atoms with Crippen molar-refractivity contribution in [2.45, 2.75) is 17.7 Å². The third-order valence-electron chi connectivity index (χ3n) is 6.47. The minimum absolute atomic E-state index is 0.0927. The number of hydrogen-bond donors (Lipinski definition) is 1. The van der Waals surface area contributed by atoms with E-state index in [-0.39, 0.29) is 10.8 Å². The second-order valence-corrected chi connectivity index (χ2v) is 10.8. The summed E-state index contributed by atoms with van der Waals surface area (Å²) >= 11 is 0. The Morgan fingerprint density at radius 1 is 1.00 bits per heavy atom. The highest BCUT2D eigenvalue weighted by atomic mass is 32.2. The van der Waals surface area contributed by atoms with E-state index in [0.717, 1.165) is 28.2 Å². The number of carbonyl (C=O) groups is 1. The van der Waals surface area contributed by atoms with E-state index >= 15 is 0 Å². The van der Waals surface area contributed by atoms with E-state index in [4.69, 9.17) is 4.74 Å². The molecule has 0 bridgehead atoms. The number of carbonyl (C=O) groups excluding carboxylic acids is 1. The van der Waals surface area contributed by atoms with Crippen molar-refractivity contribution in [2.75, 3.05) is 50.6 Å². The predicted octanol–water partition coefficient (Wildman–Crippen LogP) is 3.28. The van der Waals surface area contributed by atoms with Gasteiger partial charge in [0.15, 0.2) is 0 Å². The van der Waals surface area contributed by atoms with E-state index in [9.17, 15) is 13.2 Å². The molecule has 0 radical (unpaired) electrons. The van der Waals surface area contributed by atoms with Gasteiger partial charge in [0.2, 0.25) is 10.0 Å². The fraction of sp³-hybridized carbons (Fsp3) is 0.320. The van der Waals surface area contributed by atoms with Crippen LogP contribution in [0.5, 0.6) is 0 Å². The molecule has 0 spiro atoms. The highest BCUT2D eigenvalue weighted by Gasteiger charge is 2.25. The van der Waals surface area contributed by atoms with E-state index in [2.05, 4.69) is 22.3 Å². The topological polar surface area (TPSA) is 79.0 Å². The molecule has 172 valence electrons. The Morgan fingerprint density at radius 3 is 2.45 bits per heavy atom. The molecule has 3 aromatic carbocycles. The zero-order valence-corrected chi connectivity index (χ0v) is 19.6. The Balaban J connectivity index is 1.57. The Kier molecular flexibility index (Phi) is 5.60. The lowest BCUT2D eigenvalue weighted by Gasteiger charge is -2.30. The number of amides is 1. The van der Waals surface area contributed by atoms with Crippen LogP contribution in [0.3, 0.4) is 0 Å². The van der Waals surface area contributed by atoms with E-state index in [1.807, 2.05) is 18.2 Å². The van der Waals surface area contributed by atoms with Crippen molar-refractivity contribution in [2.24, 2.45) is 0 Å². The van der Waals surface area contributed by atoms with Crippen LogP contribution in [0.1, 0.15) is 21.5 Å². The zero-order chi connectivity index (χ0) is 23.2. The van der Waals surface area contributed by atoms with Crippen LogP contribution in [-0.2, 0) is 27.6 Å². The average Bonchev–Trinajstić information content (AvgIpc) is 3.25. The van der Waals surface area contributed by atoms with Crippen LogP contribution < -0.4 is 10.2 Å². The Hall–Kier alpha value is -2.94. The third kappa shape index (κ3) is 3.88. The molecule has 1 aliphatic carbocycles. The van der Waals surface area contributed by atoms with Crippen molar-refractivity contribution in [1.82, 2.24) is 4.31 Å². The number of sulfonamides is 1. The molecule has 1 saturated heterocycles. The SMILES string of the molecule is CN(C)S(=O)(=O)c1ccc(N2CCOCC2)c(C(=O)Nc2ccc3c4c(cccc24)CC3)c1. The molecule has 0 atom stereocenters. The van der Waals surface area contributed by atoms with Crippen molar-refractivity contribution in [3.63, 3.8) is 0 Å². The van der Waals surface area contributed by atoms with Crippen molar-refractivity contribution >= 4 is 38.1 Å². The number of ether oxygens (including phenoxy) is 1. The summed E-state index contributed by atoms with van der Waals surface area (Å²) < 4.78 is 32.2. The molecule has 33 heavy (non-hydrogen) atoms. The number of rotatable bonds is 5. The van der Waals surface area contributed by atoms with Crippen LogP contribution in [0.15, 0.2) is 53.4 Å². The second-order valence-electron chi connectivity index (χ2n) is 8.63. The number of anilines is 2. The van der Waals surface area contributed by atoms with Gasteiger partial charge in [-0.3, -0.25) is 4.79 Å². The van der Waals surface area contributed by atoms with Crippen molar-refractivity contribution in [3.05, 3.63) is 65.2 Å². The molecule has 0 unspecified atom stereocenters. The van der Waals surface area contributed by atoms with Gasteiger partial charge in [0, 0.05) is 43.9 Å². The molecule has 0 aromatic heterocycles. The second kappa shape index (κ2) is 8.44. The summed E-state index contributed by atoms with van der Waals surface area (Å²) in [6.45, 7) is 2.41. The van der Waals surface area contributed by atoms with Crippen LogP contribution in [-0.4, -0.2) is 59.0 Å². The maximum absolute atomic E-state index is 13.6. The molecule has 1 amide bonds. The first-order valence-corrected chi connectivity index (χ1v) is 12.5. The molecular formula is C25H27N3O4S. The number of hydrogen-bond acceptors (Lipinski definition) is 5. The van der Waals surface area contributed by atoms with Gasteiger partial charge in [-0.1, -0.05) is 24.3 Å². The molecule has 1 fully saturated rings. The van der Waals surface area contributed by atoms with Crippen molar-refractivity contribution < 1.29 is 17.9 Å². The first-order valence-electron chi connectivity index (χ1n) is 11.1. The minimum atomic E-state index is -3.68. The van der Waals surface area contributed by atoms with E-state index in [0.29, 0.717) is 37.6 Å². The lowest BCUT2D eigenvalue weighted by molar-refractivity contribution is 0.102. The molecule has 1 aliphatic heterocycles. The fourth-order valence-corrected chi connectivity index (χ4v) is 5.62. The van der Waals surface area contributed by atoms with Crippen LogP contribution in [0.2, 0.25) is 0 Å². The Morgan fingerprint density at radius 2 is 1.73 bits per heavy atom. The summed E-state index contributed by atoms with van der Waals surface area (Å²) in [5, 5.41) is 5.30. The maximum Gasteiger partial charge on any atom is 0.257 e. The molecule has 1 N–H and O–H groups in total. The van der Waals surface area contributed by atoms with Crippen LogP contribution in [0.4, 0.5) is 11.4 Å². The fourth-order valence-electron chi connectivity index (χ4n) is 4.69. The number of nitrogens with one attached hydrogen (secondary N) is 1. The number of aryl methyl sites for hydroxylation is 2. The van der Waals surface area contributed by atoms with Crippen molar-refractivity contribution in [1.29, 1.82) is 0 Å². The summed E-state index contributed by atoms with van der Waals surface area (Å²) in [6.07, 6.45) is 2.02. The first kappa shape index (κ1) is 21.9. The summed E-state index contributed by atoms with van der Waals surface area (Å²) in [6, 6.07) is 15.0. The zero-order valence-electron chi connectivity index (χ0n) is 18.8. The predicted molar refractivity (Wildman–Crippen MR) is 130 cm³/mol. The molecule has 3 aromatic rings. The summed E-state index contributed by atoms with van der Waals surface area (Å²) in [4.78, 5) is 15.7. The van der Waals surface area contributed by atoms with Gasteiger partial charge in [0.1, 0.15) is 0 Å². The Bertz CT molecular complexity index is 1340. The van der Waals surface area contributed by atoms with E-state index < -0.39 is 10.0 Å². The summed E-state index contributed by atoms with van der Waals surface area (Å²) in [5.41, 5.74) is 4.37. The van der Waals surface area contributed by atoms with Crippen LogP contribution in [0.25, 0.3) is 10.8 Å². The molecule has 0 saturated carbocycles. The highest BCUT2D eigenvalue weighted by Crippen LogP contribution is 2.35. The maximum atomic E-state index is 13.6. The molecular weight excluding hydrogens is 438 g/mol. The van der Waals surface area contributed by atoms with Gasteiger partial charge < -0.3 is 15.0 Å². The highest BCUT2D eigenvalue weighted by molar-refractivity contribution is 7.89. The minimum Gasteiger partial charge on any atom is -0.378 e. The molecule has 8 heteroatoms. The van der Waals surface area contributed by atoms with Crippen LogP contribution >= 0.6 is 0 Å². The largest absolute Gasteiger partial charge is 0.378 e. The molecule has 2 aliphatic rings. The summed E-state index contributed by atoms with van der Waals surface area (Å²) in [7, 11) is -0.713. The summed E-state index contributed by atoms with van der Waals surface area (Å²) in [5.74, 6) is -0.328. The van der Waals surface area contributed by atoms with Gasteiger partial charge in [0.25, 0.3) is 5.91 Å².